The summed E-state index contributed by atoms with van der Waals surface area (Å²) in [7, 11) is 0. The Morgan fingerprint density at radius 1 is 0.556 bits per heavy atom. The lowest BCUT2D eigenvalue weighted by atomic mass is 9.51. The first-order valence-corrected chi connectivity index (χ1v) is 11.0. The van der Waals surface area contributed by atoms with E-state index >= 15 is 0 Å². The van der Waals surface area contributed by atoms with Gasteiger partial charge in [-0.2, -0.15) is 0 Å². The zero-order valence-electron chi connectivity index (χ0n) is 18.4. The Bertz CT molecular complexity index is 415. The zero-order valence-corrected chi connectivity index (χ0v) is 18.4. The van der Waals surface area contributed by atoms with Gasteiger partial charge < -0.3 is 20.4 Å². The van der Waals surface area contributed by atoms with Crippen LogP contribution in [0.2, 0.25) is 0 Å². The molecule has 0 unspecified atom stereocenters. The van der Waals surface area contributed by atoms with Gasteiger partial charge in [-0.05, 0) is 68.6 Å². The standard InChI is InChI=1S/C15H28O2.C8H16O2/c1-15(2,11-3-7-13(16)8-4-11)12-5-9-14(17)10-6-12;1-7(2)5(9)8(3,4)6(7)10/h11-14,16-17H,3-10H2,1-2H3;5-6,9-10H,1-4H3. The van der Waals surface area contributed by atoms with Crippen molar-refractivity contribution in [2.45, 2.75) is 117 Å². The van der Waals surface area contributed by atoms with Gasteiger partial charge in [0.2, 0.25) is 0 Å². The summed E-state index contributed by atoms with van der Waals surface area (Å²) in [4.78, 5) is 0. The lowest BCUT2D eigenvalue weighted by molar-refractivity contribution is -0.247. The van der Waals surface area contributed by atoms with Gasteiger partial charge in [0.15, 0.2) is 0 Å². The number of aliphatic hydroxyl groups is 4. The number of hydrogen-bond acceptors (Lipinski definition) is 4. The van der Waals surface area contributed by atoms with E-state index in [1.54, 1.807) is 0 Å². The predicted octanol–water partition coefficient (Wildman–Crippen LogP) is 3.89. The molecule has 0 aliphatic heterocycles. The van der Waals surface area contributed by atoms with Crippen LogP contribution < -0.4 is 0 Å². The molecule has 0 radical (unpaired) electrons. The zero-order chi connectivity index (χ0) is 20.6. The van der Waals surface area contributed by atoms with Gasteiger partial charge in [0, 0.05) is 10.8 Å². The van der Waals surface area contributed by atoms with Gasteiger partial charge in [0.25, 0.3) is 0 Å². The minimum Gasteiger partial charge on any atom is -0.393 e. The molecule has 27 heavy (non-hydrogen) atoms. The highest BCUT2D eigenvalue weighted by molar-refractivity contribution is 5.09. The van der Waals surface area contributed by atoms with Crippen LogP contribution in [0.15, 0.2) is 0 Å². The highest BCUT2D eigenvalue weighted by Crippen LogP contribution is 2.53. The molecule has 3 fully saturated rings. The number of rotatable bonds is 2. The molecule has 0 heterocycles. The molecule has 0 aromatic heterocycles. The van der Waals surface area contributed by atoms with Crippen LogP contribution in [-0.2, 0) is 0 Å². The van der Waals surface area contributed by atoms with Crippen molar-refractivity contribution in [2.75, 3.05) is 0 Å². The molecule has 3 aliphatic carbocycles. The highest BCUT2D eigenvalue weighted by atomic mass is 16.3. The van der Waals surface area contributed by atoms with Crippen LogP contribution in [-0.4, -0.2) is 44.8 Å². The van der Waals surface area contributed by atoms with Crippen LogP contribution in [0.3, 0.4) is 0 Å². The summed E-state index contributed by atoms with van der Waals surface area (Å²) in [6.07, 6.45) is 7.86. The molecule has 3 saturated carbocycles. The van der Waals surface area contributed by atoms with Crippen LogP contribution in [0.25, 0.3) is 0 Å². The Morgan fingerprint density at radius 2 is 0.815 bits per heavy atom. The Labute approximate surface area is 166 Å². The summed E-state index contributed by atoms with van der Waals surface area (Å²) in [5, 5.41) is 38.2. The summed E-state index contributed by atoms with van der Waals surface area (Å²) < 4.78 is 0. The first-order valence-electron chi connectivity index (χ1n) is 11.0. The molecule has 0 saturated heterocycles. The smallest absolute Gasteiger partial charge is 0.0691 e. The van der Waals surface area contributed by atoms with Crippen molar-refractivity contribution < 1.29 is 20.4 Å². The van der Waals surface area contributed by atoms with E-state index in [4.69, 9.17) is 0 Å². The van der Waals surface area contributed by atoms with Crippen molar-refractivity contribution in [3.05, 3.63) is 0 Å². The lowest BCUT2D eigenvalue weighted by Gasteiger charge is -2.59. The molecule has 160 valence electrons. The fraction of sp³-hybridized carbons (Fsp3) is 1.00. The van der Waals surface area contributed by atoms with Crippen LogP contribution in [0.4, 0.5) is 0 Å². The monoisotopic (exact) mass is 384 g/mol. The number of aliphatic hydroxyl groups excluding tert-OH is 4. The van der Waals surface area contributed by atoms with Crippen LogP contribution >= 0.6 is 0 Å². The summed E-state index contributed by atoms with van der Waals surface area (Å²) >= 11 is 0. The van der Waals surface area contributed by atoms with Gasteiger partial charge in [-0.3, -0.25) is 0 Å². The van der Waals surface area contributed by atoms with E-state index < -0.39 is 0 Å². The first kappa shape index (κ1) is 23.1. The Morgan fingerprint density at radius 3 is 1.04 bits per heavy atom. The highest BCUT2D eigenvalue weighted by Gasteiger charge is 2.60. The second-order valence-electron chi connectivity index (χ2n) is 11.3. The molecule has 3 aliphatic rings. The Kier molecular flexibility index (Phi) is 7.10. The minimum atomic E-state index is -0.380. The molecular formula is C23H44O4. The molecule has 4 heteroatoms. The molecule has 0 atom stereocenters. The maximum atomic E-state index is 9.60. The van der Waals surface area contributed by atoms with Crippen LogP contribution in [0.1, 0.15) is 92.9 Å². The average molecular weight is 385 g/mol. The maximum Gasteiger partial charge on any atom is 0.0691 e. The predicted molar refractivity (Wildman–Crippen MR) is 109 cm³/mol. The molecule has 4 N–H and O–H groups in total. The van der Waals surface area contributed by atoms with Crippen LogP contribution in [0, 0.1) is 28.1 Å². The van der Waals surface area contributed by atoms with E-state index in [1.165, 1.54) is 25.7 Å². The van der Waals surface area contributed by atoms with E-state index in [0.717, 1.165) is 37.5 Å². The van der Waals surface area contributed by atoms with Gasteiger partial charge in [-0.15, -0.1) is 0 Å². The van der Waals surface area contributed by atoms with E-state index in [-0.39, 0.29) is 35.2 Å². The van der Waals surface area contributed by atoms with Crippen molar-refractivity contribution in [1.29, 1.82) is 0 Å². The van der Waals surface area contributed by atoms with E-state index in [0.29, 0.717) is 5.41 Å². The summed E-state index contributed by atoms with van der Waals surface area (Å²) in [6, 6.07) is 0. The van der Waals surface area contributed by atoms with Gasteiger partial charge in [-0.1, -0.05) is 41.5 Å². The molecule has 0 aromatic rings. The topological polar surface area (TPSA) is 80.9 Å². The van der Waals surface area contributed by atoms with Gasteiger partial charge >= 0.3 is 0 Å². The quantitative estimate of drug-likeness (QED) is 0.582. The van der Waals surface area contributed by atoms with Gasteiger partial charge in [0.1, 0.15) is 0 Å². The van der Waals surface area contributed by atoms with E-state index in [2.05, 4.69) is 13.8 Å². The fourth-order valence-corrected chi connectivity index (χ4v) is 6.09. The average Bonchev–Trinajstić information content (AvgIpc) is 2.61. The largest absolute Gasteiger partial charge is 0.393 e. The third-order valence-corrected chi connectivity index (χ3v) is 8.32. The van der Waals surface area contributed by atoms with Gasteiger partial charge in [0.05, 0.1) is 24.4 Å². The second kappa shape index (κ2) is 8.30. The summed E-state index contributed by atoms with van der Waals surface area (Å²) in [5.74, 6) is 1.54. The van der Waals surface area contributed by atoms with Gasteiger partial charge in [-0.25, -0.2) is 0 Å². The molecule has 4 nitrogen and oxygen atoms in total. The Hall–Kier alpha value is -0.160. The molecule has 0 bridgehead atoms. The van der Waals surface area contributed by atoms with Crippen molar-refractivity contribution in [1.82, 2.24) is 0 Å². The summed E-state index contributed by atoms with van der Waals surface area (Å²) in [5.41, 5.74) is -0.243. The third kappa shape index (κ3) is 4.71. The number of hydrogen-bond donors (Lipinski definition) is 4. The summed E-state index contributed by atoms with van der Waals surface area (Å²) in [6.45, 7) is 12.4. The maximum absolute atomic E-state index is 9.60. The van der Waals surface area contributed by atoms with Crippen LogP contribution in [0.5, 0.6) is 0 Å². The second-order valence-corrected chi connectivity index (χ2v) is 11.3. The van der Waals surface area contributed by atoms with E-state index in [1.807, 2.05) is 27.7 Å². The molecular weight excluding hydrogens is 340 g/mol. The third-order valence-electron chi connectivity index (χ3n) is 8.32. The lowest BCUT2D eigenvalue weighted by Crippen LogP contribution is -2.67. The van der Waals surface area contributed by atoms with Crippen molar-refractivity contribution >= 4 is 0 Å². The van der Waals surface area contributed by atoms with Crippen molar-refractivity contribution in [3.8, 4) is 0 Å². The minimum absolute atomic E-state index is 0.0461. The fourth-order valence-electron chi connectivity index (χ4n) is 6.09. The van der Waals surface area contributed by atoms with Crippen molar-refractivity contribution in [2.24, 2.45) is 28.1 Å². The SMILES string of the molecule is CC(C)(C1CCC(O)CC1)C1CCC(O)CC1.CC1(C)C(O)C(C)(C)C1O. The molecule has 0 amide bonds. The molecule has 0 aromatic carbocycles. The molecule has 3 rings (SSSR count). The normalized spacial score (nSPS) is 41.1. The Balaban J connectivity index is 0.000000223. The van der Waals surface area contributed by atoms with Crippen molar-refractivity contribution in [3.63, 3.8) is 0 Å². The molecule has 0 spiro atoms. The first-order chi connectivity index (χ1) is 12.3. The van der Waals surface area contributed by atoms with E-state index in [9.17, 15) is 20.4 Å².